The molecule has 0 aliphatic heterocycles. The van der Waals surface area contributed by atoms with Gasteiger partial charge in [0.2, 0.25) is 0 Å². The summed E-state index contributed by atoms with van der Waals surface area (Å²) in [6.45, 7) is 4.46. The van der Waals surface area contributed by atoms with Crippen LogP contribution in [-0.4, -0.2) is 4.57 Å². The molecule has 0 atom stereocenters. The number of benzene rings is 3. The number of rotatable bonds is 2. The van der Waals surface area contributed by atoms with Crippen LogP contribution in [0.1, 0.15) is 25.3 Å². The number of para-hydroxylation sites is 1. The smallest absolute Gasteiger partial charge is 0.0541 e. The van der Waals surface area contributed by atoms with Gasteiger partial charge in [-0.15, -0.1) is 0 Å². The molecule has 1 aromatic heterocycles. The maximum Gasteiger partial charge on any atom is 0.0541 e. The van der Waals surface area contributed by atoms with Crippen molar-refractivity contribution < 1.29 is 0 Å². The van der Waals surface area contributed by atoms with Gasteiger partial charge in [0.15, 0.2) is 0 Å². The Morgan fingerprint density at radius 1 is 0.783 bits per heavy atom. The second-order valence-electron chi connectivity index (χ2n) is 6.26. The summed E-state index contributed by atoms with van der Waals surface area (Å²) in [6, 6.07) is 24.0. The molecule has 0 spiro atoms. The minimum Gasteiger partial charge on any atom is -0.309 e. The Balaban J connectivity index is 2.04. The zero-order chi connectivity index (χ0) is 16.0. The first-order valence-corrected chi connectivity index (χ1v) is 8.73. The molecule has 0 N–H and O–H groups in total. The molecule has 114 valence electrons. The van der Waals surface area contributed by atoms with Gasteiger partial charge in [-0.1, -0.05) is 60.1 Å². The van der Waals surface area contributed by atoms with Crippen molar-refractivity contribution in [1.29, 1.82) is 0 Å². The standard InChI is InChI=1S/C21H18BrN/c1-14(2)15-7-10-17(11-8-15)23-20-6-4-3-5-18(20)19-13-16(22)9-12-21(19)23/h3-14H,1-2H3. The number of nitrogens with zero attached hydrogens (tertiary/aromatic N) is 1. The summed E-state index contributed by atoms with van der Waals surface area (Å²) in [5, 5.41) is 2.57. The Hall–Kier alpha value is -2.06. The molecule has 0 aliphatic carbocycles. The van der Waals surface area contributed by atoms with Gasteiger partial charge < -0.3 is 4.57 Å². The highest BCUT2D eigenvalue weighted by molar-refractivity contribution is 9.10. The third kappa shape index (κ3) is 2.38. The van der Waals surface area contributed by atoms with Crippen LogP contribution in [0.25, 0.3) is 27.5 Å². The van der Waals surface area contributed by atoms with Gasteiger partial charge in [0.25, 0.3) is 0 Å². The average molecular weight is 364 g/mol. The monoisotopic (exact) mass is 363 g/mol. The first-order valence-electron chi connectivity index (χ1n) is 7.94. The molecule has 3 aromatic carbocycles. The molecule has 4 aromatic rings. The Bertz CT molecular complexity index is 994. The van der Waals surface area contributed by atoms with E-state index in [-0.39, 0.29) is 0 Å². The van der Waals surface area contributed by atoms with E-state index in [0.29, 0.717) is 5.92 Å². The first kappa shape index (κ1) is 14.5. The van der Waals surface area contributed by atoms with Crippen molar-refractivity contribution in [2.24, 2.45) is 0 Å². The summed E-state index contributed by atoms with van der Waals surface area (Å²) < 4.78 is 3.46. The predicted octanol–water partition coefficient (Wildman–Crippen LogP) is 6.67. The SMILES string of the molecule is CC(C)c1ccc(-n2c3ccccc3c3cc(Br)ccc32)cc1. The van der Waals surface area contributed by atoms with E-state index in [2.05, 4.69) is 101 Å². The van der Waals surface area contributed by atoms with Crippen molar-refractivity contribution in [3.05, 3.63) is 76.8 Å². The van der Waals surface area contributed by atoms with Gasteiger partial charge in [0, 0.05) is 20.9 Å². The van der Waals surface area contributed by atoms with E-state index in [1.807, 2.05) is 0 Å². The lowest BCUT2D eigenvalue weighted by molar-refractivity contribution is 0.866. The van der Waals surface area contributed by atoms with Crippen LogP contribution in [0.5, 0.6) is 0 Å². The molecule has 0 unspecified atom stereocenters. The topological polar surface area (TPSA) is 4.93 Å². The second kappa shape index (κ2) is 5.54. The Morgan fingerprint density at radius 3 is 2.22 bits per heavy atom. The summed E-state index contributed by atoms with van der Waals surface area (Å²) in [5.41, 5.74) is 5.07. The maximum atomic E-state index is 3.60. The lowest BCUT2D eigenvalue weighted by Crippen LogP contribution is -1.95. The van der Waals surface area contributed by atoms with E-state index in [4.69, 9.17) is 0 Å². The third-order valence-corrected chi connectivity index (χ3v) is 4.95. The van der Waals surface area contributed by atoms with Crippen LogP contribution < -0.4 is 0 Å². The van der Waals surface area contributed by atoms with Crippen LogP contribution in [0.4, 0.5) is 0 Å². The third-order valence-electron chi connectivity index (χ3n) is 4.45. The van der Waals surface area contributed by atoms with Crippen molar-refractivity contribution in [1.82, 2.24) is 4.57 Å². The van der Waals surface area contributed by atoms with E-state index in [9.17, 15) is 0 Å². The summed E-state index contributed by atoms with van der Waals surface area (Å²) >= 11 is 3.60. The van der Waals surface area contributed by atoms with Gasteiger partial charge in [0.1, 0.15) is 0 Å². The van der Waals surface area contributed by atoms with Gasteiger partial charge >= 0.3 is 0 Å². The fourth-order valence-electron chi connectivity index (χ4n) is 3.23. The molecule has 1 heterocycles. The summed E-state index contributed by atoms with van der Waals surface area (Å²) in [7, 11) is 0. The van der Waals surface area contributed by atoms with Crippen molar-refractivity contribution in [3.63, 3.8) is 0 Å². The van der Waals surface area contributed by atoms with E-state index in [1.165, 1.54) is 33.1 Å². The number of halogens is 1. The molecule has 0 saturated heterocycles. The molecular formula is C21H18BrN. The number of aromatic nitrogens is 1. The lowest BCUT2D eigenvalue weighted by Gasteiger charge is -2.10. The lowest BCUT2D eigenvalue weighted by atomic mass is 10.0. The van der Waals surface area contributed by atoms with Crippen molar-refractivity contribution in [2.45, 2.75) is 19.8 Å². The summed E-state index contributed by atoms with van der Waals surface area (Å²) in [6.07, 6.45) is 0. The van der Waals surface area contributed by atoms with E-state index in [0.717, 1.165) is 4.47 Å². The highest BCUT2D eigenvalue weighted by Crippen LogP contribution is 2.33. The fraction of sp³-hybridized carbons (Fsp3) is 0.143. The van der Waals surface area contributed by atoms with Crippen molar-refractivity contribution in [3.8, 4) is 5.69 Å². The molecular weight excluding hydrogens is 346 g/mol. The molecule has 23 heavy (non-hydrogen) atoms. The number of fused-ring (bicyclic) bond motifs is 3. The van der Waals surface area contributed by atoms with Gasteiger partial charge in [-0.2, -0.15) is 0 Å². The van der Waals surface area contributed by atoms with Crippen LogP contribution in [0.3, 0.4) is 0 Å². The van der Waals surface area contributed by atoms with Crippen molar-refractivity contribution >= 4 is 37.7 Å². The first-order chi connectivity index (χ1) is 11.1. The Labute approximate surface area is 144 Å². The number of hydrogen-bond donors (Lipinski definition) is 0. The quantitative estimate of drug-likeness (QED) is 0.374. The Morgan fingerprint density at radius 2 is 1.48 bits per heavy atom. The zero-order valence-corrected chi connectivity index (χ0v) is 14.8. The van der Waals surface area contributed by atoms with Crippen LogP contribution in [0.15, 0.2) is 71.2 Å². The average Bonchev–Trinajstić information content (AvgIpc) is 2.89. The maximum absolute atomic E-state index is 3.60. The largest absolute Gasteiger partial charge is 0.309 e. The summed E-state index contributed by atoms with van der Waals surface area (Å²) in [5.74, 6) is 0.554. The fourth-order valence-corrected chi connectivity index (χ4v) is 3.59. The van der Waals surface area contributed by atoms with Crippen LogP contribution in [0.2, 0.25) is 0 Å². The van der Waals surface area contributed by atoms with Crippen LogP contribution in [-0.2, 0) is 0 Å². The molecule has 0 fully saturated rings. The van der Waals surface area contributed by atoms with Crippen LogP contribution in [0, 0.1) is 0 Å². The zero-order valence-electron chi connectivity index (χ0n) is 13.3. The molecule has 4 rings (SSSR count). The predicted molar refractivity (Wildman–Crippen MR) is 103 cm³/mol. The molecule has 1 nitrogen and oxygen atoms in total. The van der Waals surface area contributed by atoms with Gasteiger partial charge in [-0.3, -0.25) is 0 Å². The highest BCUT2D eigenvalue weighted by Gasteiger charge is 2.12. The molecule has 2 heteroatoms. The van der Waals surface area contributed by atoms with Gasteiger partial charge in [-0.25, -0.2) is 0 Å². The van der Waals surface area contributed by atoms with Crippen molar-refractivity contribution in [2.75, 3.05) is 0 Å². The van der Waals surface area contributed by atoms with Gasteiger partial charge in [0.05, 0.1) is 11.0 Å². The molecule has 0 radical (unpaired) electrons. The molecule has 0 amide bonds. The minimum absolute atomic E-state index is 0.554. The van der Waals surface area contributed by atoms with E-state index in [1.54, 1.807) is 0 Å². The van der Waals surface area contributed by atoms with Gasteiger partial charge in [-0.05, 0) is 47.9 Å². The van der Waals surface area contributed by atoms with E-state index < -0.39 is 0 Å². The Kier molecular flexibility index (Phi) is 3.50. The normalized spacial score (nSPS) is 11.7. The second-order valence-corrected chi connectivity index (χ2v) is 7.18. The molecule has 0 aliphatic rings. The van der Waals surface area contributed by atoms with E-state index >= 15 is 0 Å². The molecule has 0 bridgehead atoms. The minimum atomic E-state index is 0.554. The van der Waals surface area contributed by atoms with Crippen LogP contribution >= 0.6 is 15.9 Å². The number of hydrogen-bond acceptors (Lipinski definition) is 0. The highest BCUT2D eigenvalue weighted by atomic mass is 79.9. The molecule has 0 saturated carbocycles. The summed E-state index contributed by atoms with van der Waals surface area (Å²) in [4.78, 5) is 0.